The van der Waals surface area contributed by atoms with Gasteiger partial charge in [-0.25, -0.2) is 0 Å². The van der Waals surface area contributed by atoms with Gasteiger partial charge in [0.1, 0.15) is 5.76 Å². The second-order valence-electron chi connectivity index (χ2n) is 8.26. The van der Waals surface area contributed by atoms with Crippen molar-refractivity contribution in [3.63, 3.8) is 0 Å². The number of aliphatic hydroxyl groups is 1. The first-order valence-corrected chi connectivity index (χ1v) is 11.1. The standard InChI is InChI=1S/C18H16.C11H10O3/c1-3-7-15-13(5-1)9-11-18-16-8-4-2-6-14(16)10-12-17(15)18;12-7-9-6-10(13)14-11(9)8-4-2-1-3-5-8/h1,3,5,7,9-12H,2,4,6,8H2;1-6,12-13H,7H2. The third-order valence-corrected chi connectivity index (χ3v) is 6.26. The number of rotatable bonds is 2. The van der Waals surface area contributed by atoms with Crippen molar-refractivity contribution in [2.45, 2.75) is 32.3 Å². The Balaban J connectivity index is 0.000000140. The summed E-state index contributed by atoms with van der Waals surface area (Å²) in [6.45, 7) is -0.145. The van der Waals surface area contributed by atoms with Crippen molar-refractivity contribution in [2.24, 2.45) is 0 Å². The van der Waals surface area contributed by atoms with E-state index in [0.29, 0.717) is 11.3 Å². The number of benzene rings is 4. The minimum Gasteiger partial charge on any atom is -0.481 e. The van der Waals surface area contributed by atoms with Gasteiger partial charge in [-0.2, -0.15) is 0 Å². The van der Waals surface area contributed by atoms with E-state index in [-0.39, 0.29) is 12.6 Å². The van der Waals surface area contributed by atoms with Gasteiger partial charge >= 0.3 is 0 Å². The highest BCUT2D eigenvalue weighted by atomic mass is 16.5. The summed E-state index contributed by atoms with van der Waals surface area (Å²) in [6, 6.07) is 28.7. The van der Waals surface area contributed by atoms with E-state index in [1.807, 2.05) is 30.3 Å². The summed E-state index contributed by atoms with van der Waals surface area (Å²) < 4.78 is 5.09. The maximum Gasteiger partial charge on any atom is 0.282 e. The summed E-state index contributed by atoms with van der Waals surface area (Å²) in [4.78, 5) is 0. The molecule has 3 heteroatoms. The van der Waals surface area contributed by atoms with Crippen LogP contribution in [0.25, 0.3) is 32.9 Å². The number of aliphatic hydroxyl groups excluding tert-OH is 1. The van der Waals surface area contributed by atoms with Gasteiger partial charge in [-0.1, -0.05) is 78.9 Å². The molecule has 0 fully saturated rings. The van der Waals surface area contributed by atoms with Crippen LogP contribution in [0.5, 0.6) is 5.95 Å². The van der Waals surface area contributed by atoms with Crippen molar-refractivity contribution in [1.29, 1.82) is 0 Å². The van der Waals surface area contributed by atoms with Crippen LogP contribution in [-0.2, 0) is 19.4 Å². The fourth-order valence-corrected chi connectivity index (χ4v) is 4.71. The summed E-state index contributed by atoms with van der Waals surface area (Å²) in [5, 5.41) is 23.8. The second kappa shape index (κ2) is 8.89. The summed E-state index contributed by atoms with van der Waals surface area (Å²) in [7, 11) is 0. The summed E-state index contributed by atoms with van der Waals surface area (Å²) in [5.41, 5.74) is 4.61. The molecule has 2 N–H and O–H groups in total. The topological polar surface area (TPSA) is 53.6 Å². The van der Waals surface area contributed by atoms with Crippen molar-refractivity contribution < 1.29 is 14.6 Å². The van der Waals surface area contributed by atoms with Crippen molar-refractivity contribution in [3.05, 3.63) is 102 Å². The third-order valence-electron chi connectivity index (χ3n) is 6.26. The number of hydrogen-bond acceptors (Lipinski definition) is 3. The molecule has 3 nitrogen and oxygen atoms in total. The molecule has 1 heterocycles. The Kier molecular flexibility index (Phi) is 5.66. The predicted octanol–water partition coefficient (Wildman–Crippen LogP) is 7.02. The van der Waals surface area contributed by atoms with Gasteiger partial charge in [0.05, 0.1) is 6.61 Å². The van der Waals surface area contributed by atoms with Crippen molar-refractivity contribution in [3.8, 4) is 17.3 Å². The molecule has 1 aliphatic rings. The molecule has 160 valence electrons. The molecule has 0 saturated heterocycles. The summed E-state index contributed by atoms with van der Waals surface area (Å²) in [6.07, 6.45) is 5.22. The molecule has 0 bridgehead atoms. The first-order chi connectivity index (χ1) is 15.7. The lowest BCUT2D eigenvalue weighted by atomic mass is 9.86. The number of aryl methyl sites for hydroxylation is 2. The van der Waals surface area contributed by atoms with Crippen LogP contribution < -0.4 is 0 Å². The largest absolute Gasteiger partial charge is 0.481 e. The Morgan fingerprint density at radius 2 is 1.47 bits per heavy atom. The molecule has 1 aliphatic carbocycles. The van der Waals surface area contributed by atoms with Gasteiger partial charge in [-0.05, 0) is 58.4 Å². The Morgan fingerprint density at radius 1 is 0.719 bits per heavy atom. The molecule has 0 amide bonds. The van der Waals surface area contributed by atoms with E-state index in [1.54, 1.807) is 11.1 Å². The van der Waals surface area contributed by atoms with Crippen molar-refractivity contribution >= 4 is 21.5 Å². The molecule has 5 aromatic rings. The highest BCUT2D eigenvalue weighted by Crippen LogP contribution is 2.33. The average molecular weight is 423 g/mol. The van der Waals surface area contributed by atoms with Crippen LogP contribution in [0.4, 0.5) is 0 Å². The molecule has 4 aromatic carbocycles. The Bertz CT molecular complexity index is 1370. The van der Waals surface area contributed by atoms with Crippen LogP contribution in [0.2, 0.25) is 0 Å². The molecule has 0 radical (unpaired) electrons. The van der Waals surface area contributed by atoms with E-state index in [1.165, 1.54) is 53.3 Å². The number of fused-ring (bicyclic) bond motifs is 5. The highest BCUT2D eigenvalue weighted by Gasteiger charge is 2.13. The van der Waals surface area contributed by atoms with Gasteiger partial charge in [0, 0.05) is 17.2 Å². The molecule has 6 rings (SSSR count). The molecule has 0 saturated carbocycles. The van der Waals surface area contributed by atoms with E-state index in [2.05, 4.69) is 48.5 Å². The Morgan fingerprint density at radius 3 is 2.31 bits per heavy atom. The van der Waals surface area contributed by atoms with Gasteiger partial charge in [0.15, 0.2) is 0 Å². The van der Waals surface area contributed by atoms with Crippen LogP contribution in [0.1, 0.15) is 29.5 Å². The molecule has 0 atom stereocenters. The van der Waals surface area contributed by atoms with E-state index in [0.717, 1.165) is 5.56 Å². The maximum atomic E-state index is 9.15. The predicted molar refractivity (Wildman–Crippen MR) is 130 cm³/mol. The van der Waals surface area contributed by atoms with E-state index < -0.39 is 0 Å². The number of furan rings is 1. The average Bonchev–Trinajstić information content (AvgIpc) is 3.25. The van der Waals surface area contributed by atoms with Crippen LogP contribution in [0.15, 0.2) is 89.3 Å². The molecule has 32 heavy (non-hydrogen) atoms. The number of aromatic hydroxyl groups is 1. The van der Waals surface area contributed by atoms with Crippen LogP contribution in [-0.4, -0.2) is 10.2 Å². The minimum atomic E-state index is -0.173. The molecular formula is C29H26O3. The van der Waals surface area contributed by atoms with Crippen LogP contribution in [0, 0.1) is 0 Å². The Hall–Kier alpha value is -3.56. The zero-order valence-electron chi connectivity index (χ0n) is 17.9. The molecule has 0 spiro atoms. The smallest absolute Gasteiger partial charge is 0.282 e. The van der Waals surface area contributed by atoms with Crippen LogP contribution in [0.3, 0.4) is 0 Å². The van der Waals surface area contributed by atoms with Gasteiger partial charge in [0.2, 0.25) is 0 Å². The monoisotopic (exact) mass is 422 g/mol. The zero-order valence-corrected chi connectivity index (χ0v) is 17.9. The summed E-state index contributed by atoms with van der Waals surface area (Å²) in [5.74, 6) is 0.346. The maximum absolute atomic E-state index is 9.15. The third kappa shape index (κ3) is 3.88. The lowest BCUT2D eigenvalue weighted by Crippen LogP contribution is -2.02. The van der Waals surface area contributed by atoms with Crippen LogP contribution >= 0.6 is 0 Å². The highest BCUT2D eigenvalue weighted by molar-refractivity contribution is 6.08. The van der Waals surface area contributed by atoms with Gasteiger partial charge in [-0.15, -0.1) is 0 Å². The Labute approximate surface area is 187 Å². The van der Waals surface area contributed by atoms with Crippen molar-refractivity contribution in [1.82, 2.24) is 0 Å². The first kappa shape index (κ1) is 20.3. The quantitative estimate of drug-likeness (QED) is 0.301. The fourth-order valence-electron chi connectivity index (χ4n) is 4.71. The second-order valence-corrected chi connectivity index (χ2v) is 8.26. The lowest BCUT2D eigenvalue weighted by Gasteiger charge is -2.18. The van der Waals surface area contributed by atoms with E-state index in [4.69, 9.17) is 14.6 Å². The SMILES string of the molecule is OCc1cc(O)oc1-c1ccccc1.c1ccc2c(c1)ccc1c3c(ccc12)CCCC3. The molecular weight excluding hydrogens is 396 g/mol. The number of hydrogen-bond donors (Lipinski definition) is 2. The molecule has 0 unspecified atom stereocenters. The van der Waals surface area contributed by atoms with Crippen molar-refractivity contribution in [2.75, 3.05) is 0 Å². The summed E-state index contributed by atoms with van der Waals surface area (Å²) >= 11 is 0. The minimum absolute atomic E-state index is 0.145. The normalized spacial score (nSPS) is 12.9. The van der Waals surface area contributed by atoms with Gasteiger partial charge < -0.3 is 14.6 Å². The zero-order chi connectivity index (χ0) is 21.9. The first-order valence-electron chi connectivity index (χ1n) is 11.1. The fraction of sp³-hybridized carbons (Fsp3) is 0.172. The van der Waals surface area contributed by atoms with Gasteiger partial charge in [0.25, 0.3) is 5.95 Å². The molecule has 0 aliphatic heterocycles. The van der Waals surface area contributed by atoms with E-state index >= 15 is 0 Å². The lowest BCUT2D eigenvalue weighted by molar-refractivity contribution is 0.281. The van der Waals surface area contributed by atoms with E-state index in [9.17, 15) is 0 Å². The van der Waals surface area contributed by atoms with Gasteiger partial charge in [-0.3, -0.25) is 0 Å². The molecule has 1 aromatic heterocycles.